The normalized spacial score (nSPS) is 12.9. The molecule has 2 aromatic heterocycles. The van der Waals surface area contributed by atoms with Gasteiger partial charge in [-0.2, -0.15) is 0 Å². The summed E-state index contributed by atoms with van der Waals surface area (Å²) in [6.45, 7) is 7.47. The van der Waals surface area contributed by atoms with E-state index >= 15 is 0 Å². The van der Waals surface area contributed by atoms with E-state index in [-0.39, 0.29) is 32.2 Å². The third-order valence-electron chi connectivity index (χ3n) is 8.40. The minimum Gasteiger partial charge on any atom is -0.305 e. The summed E-state index contributed by atoms with van der Waals surface area (Å²) >= 11 is 0. The summed E-state index contributed by atoms with van der Waals surface area (Å²) in [5.41, 5.74) is 5.16. The first-order chi connectivity index (χ1) is 23.9. The van der Waals surface area contributed by atoms with Crippen LogP contribution in [-0.4, -0.2) is 9.97 Å². The Balaban J connectivity index is 0.000000173. The van der Waals surface area contributed by atoms with Gasteiger partial charge in [-0.1, -0.05) is 145 Å². The van der Waals surface area contributed by atoms with Crippen molar-refractivity contribution in [2.45, 2.75) is 39.5 Å². The van der Waals surface area contributed by atoms with Crippen LogP contribution >= 0.6 is 0 Å². The van der Waals surface area contributed by atoms with Gasteiger partial charge in [0.05, 0.1) is 2.74 Å². The van der Waals surface area contributed by atoms with Gasteiger partial charge in [-0.15, -0.1) is 58.3 Å². The fourth-order valence-corrected chi connectivity index (χ4v) is 5.80. The summed E-state index contributed by atoms with van der Waals surface area (Å²) < 4.78 is 33.2. The third kappa shape index (κ3) is 6.74. The van der Waals surface area contributed by atoms with E-state index in [0.29, 0.717) is 0 Å². The van der Waals surface area contributed by atoms with Gasteiger partial charge in [-0.3, -0.25) is 0 Å². The Hall–Kier alpha value is -4.69. The van der Waals surface area contributed by atoms with E-state index in [1.807, 2.05) is 94.4 Å². The summed E-state index contributed by atoms with van der Waals surface area (Å²) in [6, 6.07) is 43.1. The number of benzene rings is 6. The zero-order chi connectivity index (χ0) is 35.2. The van der Waals surface area contributed by atoms with Gasteiger partial charge in [0, 0.05) is 35.2 Å². The van der Waals surface area contributed by atoms with Gasteiger partial charge in [-0.05, 0) is 46.1 Å². The molecule has 3 heteroatoms. The molecule has 233 valence electrons. The fraction of sp³-hybridized carbons (Fsp3) is 0.136. The van der Waals surface area contributed by atoms with E-state index in [1.165, 1.54) is 21.5 Å². The first kappa shape index (κ1) is 27.4. The van der Waals surface area contributed by atoms with Gasteiger partial charge in [0.2, 0.25) is 0 Å². The van der Waals surface area contributed by atoms with Crippen molar-refractivity contribution in [2.75, 3.05) is 0 Å². The zero-order valence-corrected chi connectivity index (χ0v) is 29.2. The van der Waals surface area contributed by atoms with Crippen LogP contribution in [0.1, 0.15) is 56.1 Å². The molecule has 0 fully saturated rings. The summed E-state index contributed by atoms with van der Waals surface area (Å²) in [4.78, 5) is 8.90. The van der Waals surface area contributed by atoms with Gasteiger partial charge in [-0.25, -0.2) is 0 Å². The summed E-state index contributed by atoms with van der Waals surface area (Å²) in [5.74, 6) is -1.34. The van der Waals surface area contributed by atoms with Crippen molar-refractivity contribution in [3.63, 3.8) is 0 Å². The molecule has 8 rings (SSSR count). The molecule has 0 bridgehead atoms. The SMILES string of the molecule is [2H]C(C)(C)c1ccnc(-c2[c-]cc3c(ccc4ccccc43)c2)c1.[2H]c1c([2H])c2ccccc2c2c[c-]c(-c3cc(C([2H])(C)C)ccn3)cc12.[Ir]. The maximum absolute atomic E-state index is 8.42. The molecule has 0 spiro atoms. The maximum Gasteiger partial charge on any atom is 0.0629 e. The Morgan fingerprint density at radius 3 is 1.60 bits per heavy atom. The van der Waals surface area contributed by atoms with Crippen LogP contribution in [-0.2, 0) is 20.1 Å². The summed E-state index contributed by atoms with van der Waals surface area (Å²) in [6.07, 6.45) is 3.48. The molecule has 8 aromatic rings. The van der Waals surface area contributed by atoms with E-state index in [4.69, 9.17) is 5.48 Å². The van der Waals surface area contributed by atoms with Crippen LogP contribution < -0.4 is 0 Å². The number of hydrogen-bond donors (Lipinski definition) is 0. The van der Waals surface area contributed by atoms with Crippen LogP contribution in [0.5, 0.6) is 0 Å². The Bertz CT molecular complexity index is 2550. The van der Waals surface area contributed by atoms with Gasteiger partial charge >= 0.3 is 0 Å². The molecule has 6 aromatic carbocycles. The molecule has 0 aliphatic heterocycles. The van der Waals surface area contributed by atoms with Crippen LogP contribution in [0.25, 0.3) is 65.6 Å². The van der Waals surface area contributed by atoms with Gasteiger partial charge < -0.3 is 9.97 Å². The molecule has 0 atom stereocenters. The predicted molar refractivity (Wildman–Crippen MR) is 195 cm³/mol. The molecule has 2 heterocycles. The molecule has 0 saturated carbocycles. The number of pyridine rings is 2. The van der Waals surface area contributed by atoms with Crippen molar-refractivity contribution in [2.24, 2.45) is 0 Å². The second-order valence-electron chi connectivity index (χ2n) is 12.0. The molecular formula is C44H36IrN2-2. The van der Waals surface area contributed by atoms with E-state index in [2.05, 4.69) is 64.6 Å². The molecule has 0 aliphatic rings. The largest absolute Gasteiger partial charge is 0.305 e. The smallest absolute Gasteiger partial charge is 0.0629 e. The Kier molecular flexibility index (Phi) is 8.15. The van der Waals surface area contributed by atoms with E-state index in [9.17, 15) is 0 Å². The molecule has 1 radical (unpaired) electrons. The third-order valence-corrected chi connectivity index (χ3v) is 8.40. The Labute approximate surface area is 296 Å². The summed E-state index contributed by atoms with van der Waals surface area (Å²) in [5, 5.41) is 8.24. The zero-order valence-electron chi connectivity index (χ0n) is 30.8. The standard InChI is InChI=1S/2C22H18N.Ir/c2*1-15(2)17-11-12-23-22(14-17)19-9-10-21-18(13-19)8-7-16-5-3-4-6-20(16)21;/h2*3-8,10-15H,1-2H3;/q2*-1;/i7D,8D,15D;15D;. The van der Waals surface area contributed by atoms with E-state index in [0.717, 1.165) is 55.2 Å². The van der Waals surface area contributed by atoms with Crippen molar-refractivity contribution in [3.8, 4) is 22.5 Å². The topological polar surface area (TPSA) is 25.8 Å². The number of nitrogens with zero attached hydrogens (tertiary/aromatic N) is 2. The predicted octanol–water partition coefficient (Wildman–Crippen LogP) is 12.0. The molecular weight excluding hydrogens is 749 g/mol. The van der Waals surface area contributed by atoms with Crippen molar-refractivity contribution in [1.82, 2.24) is 9.97 Å². The molecule has 2 nitrogen and oxygen atoms in total. The van der Waals surface area contributed by atoms with Crippen molar-refractivity contribution in [3.05, 3.63) is 157 Å². The quantitative estimate of drug-likeness (QED) is 0.131. The molecule has 47 heavy (non-hydrogen) atoms. The fourth-order valence-electron chi connectivity index (χ4n) is 5.80. The van der Waals surface area contributed by atoms with Crippen LogP contribution in [0, 0.1) is 12.1 Å². The molecule has 0 amide bonds. The van der Waals surface area contributed by atoms with Crippen LogP contribution in [0.15, 0.2) is 134 Å². The van der Waals surface area contributed by atoms with E-state index in [1.54, 1.807) is 12.4 Å². The average molecular weight is 789 g/mol. The van der Waals surface area contributed by atoms with Crippen LogP contribution in [0.4, 0.5) is 0 Å². The van der Waals surface area contributed by atoms with Crippen molar-refractivity contribution < 1.29 is 25.6 Å². The maximum atomic E-state index is 8.42. The molecule has 0 saturated heterocycles. The van der Waals surface area contributed by atoms with Crippen molar-refractivity contribution in [1.29, 1.82) is 0 Å². The molecule has 0 aliphatic carbocycles. The van der Waals surface area contributed by atoms with Gasteiger partial charge in [0.1, 0.15) is 0 Å². The minimum absolute atomic E-state index is 0. The van der Waals surface area contributed by atoms with Gasteiger partial charge in [0.15, 0.2) is 0 Å². The Morgan fingerprint density at radius 1 is 0.532 bits per heavy atom. The van der Waals surface area contributed by atoms with Crippen LogP contribution in [0.3, 0.4) is 0 Å². The number of fused-ring (bicyclic) bond motifs is 6. The Morgan fingerprint density at radius 2 is 1.00 bits per heavy atom. The average Bonchev–Trinajstić information content (AvgIpc) is 3.13. The minimum atomic E-state index is -0.709. The molecule has 0 N–H and O–H groups in total. The number of hydrogen-bond acceptors (Lipinski definition) is 2. The molecule has 0 unspecified atom stereocenters. The second-order valence-corrected chi connectivity index (χ2v) is 12.0. The first-order valence-corrected chi connectivity index (χ1v) is 15.5. The monoisotopic (exact) mass is 789 g/mol. The van der Waals surface area contributed by atoms with Crippen molar-refractivity contribution >= 4 is 43.1 Å². The first-order valence-electron chi connectivity index (χ1n) is 17.5. The van der Waals surface area contributed by atoms with Gasteiger partial charge in [0.25, 0.3) is 0 Å². The number of aromatic nitrogens is 2. The van der Waals surface area contributed by atoms with Crippen LogP contribution in [0.2, 0.25) is 0 Å². The second kappa shape index (κ2) is 14.0. The summed E-state index contributed by atoms with van der Waals surface area (Å²) in [7, 11) is 0. The van der Waals surface area contributed by atoms with E-state index < -0.39 is 11.8 Å². The number of rotatable bonds is 4.